The smallest absolute Gasteiger partial charge is 0.259 e. The predicted octanol–water partition coefficient (Wildman–Crippen LogP) is 3.36. The lowest BCUT2D eigenvalue weighted by atomic mass is 10.0. The van der Waals surface area contributed by atoms with Crippen molar-refractivity contribution >= 4 is 10.8 Å². The van der Waals surface area contributed by atoms with Gasteiger partial charge in [-0.1, -0.05) is 12.1 Å². The van der Waals surface area contributed by atoms with Gasteiger partial charge in [0, 0.05) is 10.9 Å². The predicted molar refractivity (Wildman–Crippen MR) is 90.6 cm³/mol. The van der Waals surface area contributed by atoms with E-state index < -0.39 is 0 Å². The molecule has 0 fully saturated rings. The molecule has 0 radical (unpaired) electrons. The van der Waals surface area contributed by atoms with Crippen LogP contribution in [0, 0.1) is 6.92 Å². The molecule has 4 nitrogen and oxygen atoms in total. The fourth-order valence-corrected chi connectivity index (χ4v) is 3.37. The van der Waals surface area contributed by atoms with Crippen molar-refractivity contribution < 1.29 is 9.47 Å². The number of hydrogen-bond acceptors (Lipinski definition) is 3. The molecule has 4 heteroatoms. The monoisotopic (exact) mass is 307 g/mol. The molecule has 0 saturated carbocycles. The zero-order valence-electron chi connectivity index (χ0n) is 13.3. The van der Waals surface area contributed by atoms with Crippen molar-refractivity contribution in [3.8, 4) is 22.8 Å². The van der Waals surface area contributed by atoms with Crippen molar-refractivity contribution in [3.63, 3.8) is 0 Å². The minimum Gasteiger partial charge on any atom is -0.493 e. The Hall–Kier alpha value is -2.75. The second-order valence-corrected chi connectivity index (χ2v) is 5.82. The number of pyridine rings is 1. The number of benzene rings is 2. The highest BCUT2D eigenvalue weighted by molar-refractivity contribution is 5.89. The van der Waals surface area contributed by atoms with E-state index in [9.17, 15) is 4.79 Å². The molecule has 0 aliphatic carbocycles. The second kappa shape index (κ2) is 4.88. The lowest BCUT2D eigenvalue weighted by Crippen LogP contribution is -2.19. The molecule has 2 aromatic carbocycles. The van der Waals surface area contributed by atoms with Crippen LogP contribution in [0.15, 0.2) is 41.2 Å². The molecule has 4 rings (SSSR count). The fraction of sp³-hybridized carbons (Fsp3) is 0.211. The van der Waals surface area contributed by atoms with Crippen molar-refractivity contribution in [2.24, 2.45) is 0 Å². The largest absolute Gasteiger partial charge is 0.493 e. The molecule has 2 heterocycles. The van der Waals surface area contributed by atoms with E-state index in [1.54, 1.807) is 14.2 Å². The molecule has 0 saturated heterocycles. The van der Waals surface area contributed by atoms with E-state index in [4.69, 9.17) is 9.47 Å². The van der Waals surface area contributed by atoms with Crippen molar-refractivity contribution in [3.05, 3.63) is 57.9 Å². The van der Waals surface area contributed by atoms with Gasteiger partial charge in [0.25, 0.3) is 5.56 Å². The van der Waals surface area contributed by atoms with Crippen molar-refractivity contribution in [2.75, 3.05) is 14.2 Å². The van der Waals surface area contributed by atoms with E-state index in [1.807, 2.05) is 41.8 Å². The van der Waals surface area contributed by atoms with Gasteiger partial charge in [-0.2, -0.15) is 0 Å². The highest BCUT2D eigenvalue weighted by Crippen LogP contribution is 2.40. The third-order valence-corrected chi connectivity index (χ3v) is 4.59. The summed E-state index contributed by atoms with van der Waals surface area (Å²) >= 11 is 0. The summed E-state index contributed by atoms with van der Waals surface area (Å²) in [6.45, 7) is 2.59. The van der Waals surface area contributed by atoms with Gasteiger partial charge in [0.15, 0.2) is 11.5 Å². The maximum Gasteiger partial charge on any atom is 0.259 e. The Bertz CT molecular complexity index is 1000. The Morgan fingerprint density at radius 2 is 1.74 bits per heavy atom. The summed E-state index contributed by atoms with van der Waals surface area (Å²) in [6.07, 6.45) is 0. The zero-order valence-corrected chi connectivity index (χ0v) is 13.3. The van der Waals surface area contributed by atoms with Gasteiger partial charge >= 0.3 is 0 Å². The van der Waals surface area contributed by atoms with Gasteiger partial charge in [-0.05, 0) is 47.7 Å². The quantitative estimate of drug-likeness (QED) is 0.570. The van der Waals surface area contributed by atoms with Crippen LogP contribution in [-0.2, 0) is 6.54 Å². The first-order chi connectivity index (χ1) is 11.1. The van der Waals surface area contributed by atoms with Gasteiger partial charge in [0.1, 0.15) is 0 Å². The summed E-state index contributed by atoms with van der Waals surface area (Å²) in [5.41, 5.74) is 4.21. The van der Waals surface area contributed by atoms with E-state index in [0.29, 0.717) is 18.0 Å². The molecule has 0 N–H and O–H groups in total. The van der Waals surface area contributed by atoms with E-state index in [-0.39, 0.29) is 5.56 Å². The lowest BCUT2D eigenvalue weighted by Gasteiger charge is -2.10. The van der Waals surface area contributed by atoms with E-state index in [1.165, 1.54) is 0 Å². The first-order valence-electron chi connectivity index (χ1n) is 7.52. The van der Waals surface area contributed by atoms with Crippen molar-refractivity contribution in [1.82, 2.24) is 4.57 Å². The van der Waals surface area contributed by atoms with Crippen LogP contribution in [0.2, 0.25) is 0 Å². The average molecular weight is 307 g/mol. The molecule has 0 atom stereocenters. The van der Waals surface area contributed by atoms with Crippen LogP contribution in [-0.4, -0.2) is 18.8 Å². The molecule has 116 valence electrons. The molecule has 1 aliphatic rings. The SMILES string of the molecule is COc1cc2c(cc1OC)-c1cc3c(C)cccc3c(=O)n1C2. The molecule has 1 aliphatic heterocycles. The number of methoxy groups -OCH3 is 2. The second-order valence-electron chi connectivity index (χ2n) is 5.82. The summed E-state index contributed by atoms with van der Waals surface area (Å²) in [4.78, 5) is 12.9. The van der Waals surface area contributed by atoms with Gasteiger partial charge in [-0.25, -0.2) is 0 Å². The standard InChI is InChI=1S/C19H17NO3/c1-11-5-4-6-13-14(11)8-16-15-9-18(23-3)17(22-2)7-12(15)10-20(16)19(13)21/h4-9H,10H2,1-3H3. The Balaban J connectivity index is 2.05. The average Bonchev–Trinajstić information content (AvgIpc) is 2.92. The fourth-order valence-electron chi connectivity index (χ4n) is 3.37. The number of nitrogens with zero attached hydrogens (tertiary/aromatic N) is 1. The molecule has 0 spiro atoms. The zero-order chi connectivity index (χ0) is 16.1. The Kier molecular flexibility index (Phi) is 2.94. The molecule has 23 heavy (non-hydrogen) atoms. The molecular weight excluding hydrogens is 290 g/mol. The number of aromatic nitrogens is 1. The van der Waals surface area contributed by atoms with Gasteiger partial charge in [-0.15, -0.1) is 0 Å². The maximum atomic E-state index is 12.9. The highest BCUT2D eigenvalue weighted by atomic mass is 16.5. The van der Waals surface area contributed by atoms with Gasteiger partial charge in [0.2, 0.25) is 0 Å². The molecule has 0 unspecified atom stereocenters. The van der Waals surface area contributed by atoms with Crippen LogP contribution in [0.5, 0.6) is 11.5 Å². The van der Waals surface area contributed by atoms with Gasteiger partial charge in [-0.3, -0.25) is 4.79 Å². The highest BCUT2D eigenvalue weighted by Gasteiger charge is 2.23. The normalized spacial score (nSPS) is 12.1. The molecule has 3 aromatic rings. The molecule has 0 amide bonds. The molecule has 0 bridgehead atoms. The summed E-state index contributed by atoms with van der Waals surface area (Å²) < 4.78 is 12.6. The van der Waals surface area contributed by atoms with Crippen LogP contribution in [0.3, 0.4) is 0 Å². The van der Waals surface area contributed by atoms with Crippen LogP contribution in [0.1, 0.15) is 11.1 Å². The number of rotatable bonds is 2. The number of ether oxygens (including phenoxy) is 2. The third kappa shape index (κ3) is 1.88. The van der Waals surface area contributed by atoms with Gasteiger partial charge < -0.3 is 14.0 Å². The summed E-state index contributed by atoms with van der Waals surface area (Å²) in [5, 5.41) is 1.77. The first-order valence-corrected chi connectivity index (χ1v) is 7.52. The van der Waals surface area contributed by atoms with Crippen LogP contribution in [0.25, 0.3) is 22.0 Å². The van der Waals surface area contributed by atoms with Crippen LogP contribution in [0.4, 0.5) is 0 Å². The Morgan fingerprint density at radius 3 is 2.48 bits per heavy atom. The van der Waals surface area contributed by atoms with E-state index in [2.05, 4.69) is 6.07 Å². The van der Waals surface area contributed by atoms with E-state index in [0.717, 1.165) is 33.2 Å². The first kappa shape index (κ1) is 13.9. The van der Waals surface area contributed by atoms with Crippen molar-refractivity contribution in [1.29, 1.82) is 0 Å². The van der Waals surface area contributed by atoms with Crippen molar-refractivity contribution in [2.45, 2.75) is 13.5 Å². The summed E-state index contributed by atoms with van der Waals surface area (Å²) in [7, 11) is 3.24. The minimum atomic E-state index is 0.0512. The number of fused-ring (bicyclic) bond motifs is 4. The van der Waals surface area contributed by atoms with E-state index >= 15 is 0 Å². The van der Waals surface area contributed by atoms with Crippen LogP contribution < -0.4 is 15.0 Å². The minimum absolute atomic E-state index is 0.0512. The molecule has 1 aromatic heterocycles. The number of hydrogen-bond donors (Lipinski definition) is 0. The lowest BCUT2D eigenvalue weighted by molar-refractivity contribution is 0.355. The Morgan fingerprint density at radius 1 is 1.00 bits per heavy atom. The maximum absolute atomic E-state index is 12.9. The summed E-state index contributed by atoms with van der Waals surface area (Å²) in [6, 6.07) is 11.9. The number of aryl methyl sites for hydroxylation is 1. The third-order valence-electron chi connectivity index (χ3n) is 4.59. The summed E-state index contributed by atoms with van der Waals surface area (Å²) in [5.74, 6) is 1.37. The van der Waals surface area contributed by atoms with Gasteiger partial charge in [0.05, 0.1) is 26.5 Å². The topological polar surface area (TPSA) is 40.5 Å². The Labute approximate surface area is 133 Å². The van der Waals surface area contributed by atoms with Crippen LogP contribution >= 0.6 is 0 Å². The molecular formula is C19H17NO3.